The fraction of sp³-hybridized carbons (Fsp3) is 0.429. The summed E-state index contributed by atoms with van der Waals surface area (Å²) in [4.78, 5) is 22.7. The van der Waals surface area contributed by atoms with Gasteiger partial charge in [-0.1, -0.05) is 31.2 Å². The Morgan fingerprint density at radius 3 is 2.82 bits per heavy atom. The lowest BCUT2D eigenvalue weighted by Crippen LogP contribution is -2.35. The van der Waals surface area contributed by atoms with Crippen molar-refractivity contribution < 1.29 is 14.3 Å². The highest BCUT2D eigenvalue weighted by molar-refractivity contribution is 5.99. The Morgan fingerprint density at radius 1 is 1.41 bits per heavy atom. The van der Waals surface area contributed by atoms with Gasteiger partial charge in [0.05, 0.1) is 0 Å². The van der Waals surface area contributed by atoms with Gasteiger partial charge in [-0.3, -0.25) is 9.59 Å². The smallest absolute Gasteiger partial charge is 0.302 e. The van der Waals surface area contributed by atoms with E-state index in [2.05, 4.69) is 0 Å². The zero-order valence-corrected chi connectivity index (χ0v) is 10.2. The molecule has 2 rings (SSSR count). The SMILES string of the molecule is CC(=O)OCC1(C)CCC(=O)c2ccccc21. The van der Waals surface area contributed by atoms with Crippen LogP contribution in [0.4, 0.5) is 0 Å². The number of hydrogen-bond donors (Lipinski definition) is 0. The summed E-state index contributed by atoms with van der Waals surface area (Å²) in [6.45, 7) is 3.79. The average Bonchev–Trinajstić information content (AvgIpc) is 2.32. The molecule has 0 aliphatic heterocycles. The van der Waals surface area contributed by atoms with Crippen LogP contribution in [0.15, 0.2) is 24.3 Å². The molecule has 0 saturated carbocycles. The number of esters is 1. The second-order valence-corrected chi connectivity index (χ2v) is 4.81. The maximum atomic E-state index is 11.8. The van der Waals surface area contributed by atoms with Crippen LogP contribution in [0.1, 0.15) is 42.6 Å². The third-order valence-electron chi connectivity index (χ3n) is 3.38. The summed E-state index contributed by atoms with van der Waals surface area (Å²) < 4.78 is 5.13. The van der Waals surface area contributed by atoms with E-state index in [9.17, 15) is 9.59 Å². The molecule has 0 N–H and O–H groups in total. The lowest BCUT2D eigenvalue weighted by Gasteiger charge is -2.34. The van der Waals surface area contributed by atoms with Crippen molar-refractivity contribution in [3.63, 3.8) is 0 Å². The second kappa shape index (κ2) is 4.32. The van der Waals surface area contributed by atoms with Crippen molar-refractivity contribution in [1.29, 1.82) is 0 Å². The van der Waals surface area contributed by atoms with Crippen LogP contribution in [0.5, 0.6) is 0 Å². The van der Waals surface area contributed by atoms with E-state index in [4.69, 9.17) is 4.74 Å². The highest BCUT2D eigenvalue weighted by atomic mass is 16.5. The molecule has 0 heterocycles. The molecule has 1 unspecified atom stereocenters. The first kappa shape index (κ1) is 11.8. The van der Waals surface area contributed by atoms with Crippen molar-refractivity contribution >= 4 is 11.8 Å². The van der Waals surface area contributed by atoms with Gasteiger partial charge in [-0.2, -0.15) is 0 Å². The lowest BCUT2D eigenvalue weighted by molar-refractivity contribution is -0.142. The lowest BCUT2D eigenvalue weighted by atomic mass is 9.71. The van der Waals surface area contributed by atoms with Gasteiger partial charge in [-0.15, -0.1) is 0 Å². The van der Waals surface area contributed by atoms with Crippen molar-refractivity contribution in [1.82, 2.24) is 0 Å². The van der Waals surface area contributed by atoms with E-state index in [1.807, 2.05) is 31.2 Å². The van der Waals surface area contributed by atoms with Crippen LogP contribution >= 0.6 is 0 Å². The first-order chi connectivity index (χ1) is 8.03. The topological polar surface area (TPSA) is 43.4 Å². The Hall–Kier alpha value is -1.64. The van der Waals surface area contributed by atoms with Gasteiger partial charge in [0, 0.05) is 24.3 Å². The van der Waals surface area contributed by atoms with E-state index in [1.165, 1.54) is 6.92 Å². The molecular weight excluding hydrogens is 216 g/mol. The zero-order chi connectivity index (χ0) is 12.5. The predicted octanol–water partition coefficient (Wildman–Crippen LogP) is 2.48. The van der Waals surface area contributed by atoms with E-state index >= 15 is 0 Å². The minimum atomic E-state index is -0.277. The minimum Gasteiger partial charge on any atom is -0.465 e. The fourth-order valence-corrected chi connectivity index (χ4v) is 2.32. The van der Waals surface area contributed by atoms with Crippen molar-refractivity contribution in [2.45, 2.75) is 32.1 Å². The van der Waals surface area contributed by atoms with Crippen LogP contribution in [0, 0.1) is 0 Å². The molecule has 0 bridgehead atoms. The Morgan fingerprint density at radius 2 is 2.12 bits per heavy atom. The molecule has 1 aromatic rings. The largest absolute Gasteiger partial charge is 0.465 e. The Kier molecular flexibility index (Phi) is 3.01. The van der Waals surface area contributed by atoms with E-state index < -0.39 is 0 Å². The molecule has 17 heavy (non-hydrogen) atoms. The number of Topliss-reactive ketones (excluding diaryl/α,β-unsaturated/α-hetero) is 1. The van der Waals surface area contributed by atoms with E-state index in [0.717, 1.165) is 17.5 Å². The monoisotopic (exact) mass is 232 g/mol. The third kappa shape index (κ3) is 2.23. The molecule has 90 valence electrons. The van der Waals surface area contributed by atoms with E-state index in [0.29, 0.717) is 13.0 Å². The zero-order valence-electron chi connectivity index (χ0n) is 10.2. The van der Waals surface area contributed by atoms with Gasteiger partial charge in [0.25, 0.3) is 0 Å². The summed E-state index contributed by atoms with van der Waals surface area (Å²) in [5, 5.41) is 0. The van der Waals surface area contributed by atoms with Crippen molar-refractivity contribution in [2.75, 3.05) is 6.61 Å². The number of carbonyl (C=O) groups excluding carboxylic acids is 2. The molecule has 1 aliphatic carbocycles. The first-order valence-electron chi connectivity index (χ1n) is 5.79. The Balaban J connectivity index is 2.34. The van der Waals surface area contributed by atoms with E-state index in [-0.39, 0.29) is 17.2 Å². The summed E-state index contributed by atoms with van der Waals surface area (Å²) in [6, 6.07) is 7.59. The summed E-state index contributed by atoms with van der Waals surface area (Å²) in [7, 11) is 0. The van der Waals surface area contributed by atoms with Gasteiger partial charge in [-0.25, -0.2) is 0 Å². The molecule has 1 aliphatic rings. The van der Waals surface area contributed by atoms with Crippen LogP contribution in [0.25, 0.3) is 0 Å². The average molecular weight is 232 g/mol. The van der Waals surface area contributed by atoms with Crippen molar-refractivity contribution in [2.24, 2.45) is 0 Å². The van der Waals surface area contributed by atoms with Crippen LogP contribution < -0.4 is 0 Å². The quantitative estimate of drug-likeness (QED) is 0.736. The first-order valence-corrected chi connectivity index (χ1v) is 5.79. The molecule has 0 saturated heterocycles. The standard InChI is InChI=1S/C14H16O3/c1-10(15)17-9-14(2)8-7-13(16)11-5-3-4-6-12(11)14/h3-6H,7-9H2,1-2H3. The number of fused-ring (bicyclic) bond motifs is 1. The number of carbonyl (C=O) groups is 2. The molecule has 0 fully saturated rings. The molecular formula is C14H16O3. The molecule has 0 radical (unpaired) electrons. The van der Waals surface area contributed by atoms with Gasteiger partial charge in [-0.05, 0) is 12.0 Å². The normalized spacial score (nSPS) is 23.1. The Bertz CT molecular complexity index is 464. The predicted molar refractivity (Wildman–Crippen MR) is 64.0 cm³/mol. The number of rotatable bonds is 2. The summed E-state index contributed by atoms with van der Waals surface area (Å²) in [6.07, 6.45) is 1.25. The van der Waals surface area contributed by atoms with Gasteiger partial charge >= 0.3 is 5.97 Å². The molecule has 0 spiro atoms. The summed E-state index contributed by atoms with van der Waals surface area (Å²) in [5.41, 5.74) is 1.53. The fourth-order valence-electron chi connectivity index (χ4n) is 2.32. The third-order valence-corrected chi connectivity index (χ3v) is 3.38. The molecule has 0 aromatic heterocycles. The minimum absolute atomic E-state index is 0.181. The highest BCUT2D eigenvalue weighted by Crippen LogP contribution is 2.37. The number of ether oxygens (including phenoxy) is 1. The molecule has 1 aromatic carbocycles. The van der Waals surface area contributed by atoms with Gasteiger partial charge < -0.3 is 4.74 Å². The van der Waals surface area contributed by atoms with Crippen molar-refractivity contribution in [3.8, 4) is 0 Å². The van der Waals surface area contributed by atoms with Crippen LogP contribution in [-0.4, -0.2) is 18.4 Å². The highest BCUT2D eigenvalue weighted by Gasteiger charge is 2.36. The summed E-state index contributed by atoms with van der Waals surface area (Å²) >= 11 is 0. The maximum Gasteiger partial charge on any atom is 0.302 e. The van der Waals surface area contributed by atoms with E-state index in [1.54, 1.807) is 0 Å². The maximum absolute atomic E-state index is 11.8. The van der Waals surface area contributed by atoms with Crippen LogP contribution in [0.3, 0.4) is 0 Å². The molecule has 1 atom stereocenters. The number of ketones is 1. The second-order valence-electron chi connectivity index (χ2n) is 4.81. The van der Waals surface area contributed by atoms with Gasteiger partial charge in [0.1, 0.15) is 6.61 Å². The van der Waals surface area contributed by atoms with Gasteiger partial charge in [0.15, 0.2) is 5.78 Å². The molecule has 3 nitrogen and oxygen atoms in total. The Labute approximate surface area is 101 Å². The number of hydrogen-bond acceptors (Lipinski definition) is 3. The molecule has 3 heteroatoms. The van der Waals surface area contributed by atoms with Crippen molar-refractivity contribution in [3.05, 3.63) is 35.4 Å². The van der Waals surface area contributed by atoms with Crippen LogP contribution in [-0.2, 0) is 14.9 Å². The molecule has 0 amide bonds. The number of benzene rings is 1. The summed E-state index contributed by atoms with van der Waals surface area (Å²) in [5.74, 6) is -0.0958. The van der Waals surface area contributed by atoms with Gasteiger partial charge in [0.2, 0.25) is 0 Å². The van der Waals surface area contributed by atoms with Crippen LogP contribution in [0.2, 0.25) is 0 Å².